The fourth-order valence-electron chi connectivity index (χ4n) is 1.46. The molecule has 0 unspecified atom stereocenters. The third kappa shape index (κ3) is 3.74. The lowest BCUT2D eigenvalue weighted by molar-refractivity contribution is 0.0271. The molecular formula is C13H18O2. The van der Waals surface area contributed by atoms with E-state index in [1.807, 2.05) is 25.1 Å². The molecule has 0 aliphatic heterocycles. The first-order chi connectivity index (χ1) is 7.27. The zero-order chi connectivity index (χ0) is 11.1. The van der Waals surface area contributed by atoms with Gasteiger partial charge in [0.25, 0.3) is 0 Å². The van der Waals surface area contributed by atoms with E-state index >= 15 is 0 Å². The largest absolute Gasteiger partial charge is 0.459 e. The van der Waals surface area contributed by atoms with Crippen molar-refractivity contribution >= 4 is 5.97 Å². The van der Waals surface area contributed by atoms with E-state index in [-0.39, 0.29) is 12.1 Å². The Kier molecular flexibility index (Phi) is 4.88. The molecular weight excluding hydrogens is 188 g/mol. The van der Waals surface area contributed by atoms with E-state index < -0.39 is 0 Å². The molecule has 0 radical (unpaired) electrons. The zero-order valence-corrected chi connectivity index (χ0v) is 9.40. The van der Waals surface area contributed by atoms with Crippen molar-refractivity contribution in [1.82, 2.24) is 0 Å². The first-order valence-electron chi connectivity index (χ1n) is 5.54. The van der Waals surface area contributed by atoms with Crippen LogP contribution >= 0.6 is 0 Å². The highest BCUT2D eigenvalue weighted by Crippen LogP contribution is 2.10. The Morgan fingerprint density at radius 3 is 2.47 bits per heavy atom. The average Bonchev–Trinajstić information content (AvgIpc) is 2.29. The van der Waals surface area contributed by atoms with E-state index in [9.17, 15) is 4.79 Å². The molecule has 82 valence electrons. The molecule has 0 amide bonds. The van der Waals surface area contributed by atoms with Crippen LogP contribution in [0.5, 0.6) is 0 Å². The van der Waals surface area contributed by atoms with Gasteiger partial charge in [0, 0.05) is 0 Å². The summed E-state index contributed by atoms with van der Waals surface area (Å²) in [6, 6.07) is 9.14. The van der Waals surface area contributed by atoms with Gasteiger partial charge in [0.05, 0.1) is 5.56 Å². The molecule has 0 fully saturated rings. The van der Waals surface area contributed by atoms with Crippen LogP contribution in [0, 0.1) is 0 Å². The molecule has 1 aromatic rings. The van der Waals surface area contributed by atoms with Crippen molar-refractivity contribution in [2.75, 3.05) is 0 Å². The molecule has 0 aliphatic rings. The van der Waals surface area contributed by atoms with Crippen LogP contribution in [0.1, 0.15) is 43.5 Å². The van der Waals surface area contributed by atoms with Gasteiger partial charge in [-0.15, -0.1) is 0 Å². The molecule has 2 nitrogen and oxygen atoms in total. The van der Waals surface area contributed by atoms with Crippen LogP contribution in [0.4, 0.5) is 0 Å². The van der Waals surface area contributed by atoms with E-state index in [0.29, 0.717) is 5.56 Å². The second kappa shape index (κ2) is 6.23. The number of ether oxygens (including phenoxy) is 1. The highest BCUT2D eigenvalue weighted by Gasteiger charge is 2.12. The van der Waals surface area contributed by atoms with Crippen LogP contribution in [-0.4, -0.2) is 12.1 Å². The molecule has 0 aliphatic carbocycles. The van der Waals surface area contributed by atoms with Crippen LogP contribution < -0.4 is 0 Å². The quantitative estimate of drug-likeness (QED) is 0.690. The van der Waals surface area contributed by atoms with Gasteiger partial charge in [0.2, 0.25) is 0 Å². The summed E-state index contributed by atoms with van der Waals surface area (Å²) in [5.41, 5.74) is 0.632. The van der Waals surface area contributed by atoms with E-state index in [0.717, 1.165) is 19.3 Å². The van der Waals surface area contributed by atoms with Gasteiger partial charge in [-0.05, 0) is 25.0 Å². The summed E-state index contributed by atoms with van der Waals surface area (Å²) in [6.45, 7) is 4.14. The zero-order valence-electron chi connectivity index (χ0n) is 9.40. The van der Waals surface area contributed by atoms with Crippen molar-refractivity contribution in [3.05, 3.63) is 35.9 Å². The summed E-state index contributed by atoms with van der Waals surface area (Å²) in [5.74, 6) is -0.212. The number of carbonyl (C=O) groups excluding carboxylic acids is 1. The molecule has 1 rings (SSSR count). The minimum Gasteiger partial charge on any atom is -0.459 e. The van der Waals surface area contributed by atoms with Gasteiger partial charge in [0.1, 0.15) is 6.10 Å². The maximum Gasteiger partial charge on any atom is 0.338 e. The van der Waals surface area contributed by atoms with Gasteiger partial charge in [0.15, 0.2) is 0 Å². The van der Waals surface area contributed by atoms with Crippen LogP contribution in [0.15, 0.2) is 30.3 Å². The lowest BCUT2D eigenvalue weighted by atomic mass is 10.1. The molecule has 0 aromatic heterocycles. The molecule has 0 bridgehead atoms. The van der Waals surface area contributed by atoms with Gasteiger partial charge in [-0.25, -0.2) is 4.79 Å². The predicted molar refractivity (Wildman–Crippen MR) is 60.8 cm³/mol. The molecule has 15 heavy (non-hydrogen) atoms. The molecule has 0 N–H and O–H groups in total. The number of rotatable bonds is 5. The molecule has 0 saturated heterocycles. The van der Waals surface area contributed by atoms with Gasteiger partial charge in [-0.1, -0.05) is 38.5 Å². The highest BCUT2D eigenvalue weighted by atomic mass is 16.5. The Hall–Kier alpha value is -1.31. The Morgan fingerprint density at radius 2 is 1.93 bits per heavy atom. The van der Waals surface area contributed by atoms with Crippen molar-refractivity contribution in [3.63, 3.8) is 0 Å². The van der Waals surface area contributed by atoms with Gasteiger partial charge in [-0.2, -0.15) is 0 Å². The van der Waals surface area contributed by atoms with Gasteiger partial charge >= 0.3 is 5.97 Å². The van der Waals surface area contributed by atoms with Crippen LogP contribution in [-0.2, 0) is 4.74 Å². The highest BCUT2D eigenvalue weighted by molar-refractivity contribution is 5.89. The maximum atomic E-state index is 11.7. The Balaban J connectivity index is 2.55. The summed E-state index contributed by atoms with van der Waals surface area (Å²) in [7, 11) is 0. The standard InChI is InChI=1S/C13H18O2/c1-3-8-12(4-2)15-13(14)11-9-6-5-7-10-11/h5-7,9-10,12H,3-4,8H2,1-2H3/t12-/m1/s1. The van der Waals surface area contributed by atoms with Crippen molar-refractivity contribution in [3.8, 4) is 0 Å². The number of esters is 1. The number of hydrogen-bond acceptors (Lipinski definition) is 2. The third-order valence-corrected chi connectivity index (χ3v) is 2.35. The average molecular weight is 206 g/mol. The Morgan fingerprint density at radius 1 is 1.27 bits per heavy atom. The fraction of sp³-hybridized carbons (Fsp3) is 0.462. The number of hydrogen-bond donors (Lipinski definition) is 0. The van der Waals surface area contributed by atoms with Crippen molar-refractivity contribution in [1.29, 1.82) is 0 Å². The Labute approximate surface area is 91.3 Å². The van der Waals surface area contributed by atoms with Crippen LogP contribution in [0.3, 0.4) is 0 Å². The van der Waals surface area contributed by atoms with E-state index in [4.69, 9.17) is 4.74 Å². The lowest BCUT2D eigenvalue weighted by Crippen LogP contribution is -2.17. The topological polar surface area (TPSA) is 26.3 Å². The summed E-state index contributed by atoms with van der Waals surface area (Å²) in [6.07, 6.45) is 2.92. The van der Waals surface area contributed by atoms with Gasteiger partial charge < -0.3 is 4.74 Å². The third-order valence-electron chi connectivity index (χ3n) is 2.35. The monoisotopic (exact) mass is 206 g/mol. The molecule has 0 saturated carbocycles. The smallest absolute Gasteiger partial charge is 0.338 e. The summed E-state index contributed by atoms with van der Waals surface area (Å²) >= 11 is 0. The predicted octanol–water partition coefficient (Wildman–Crippen LogP) is 3.42. The van der Waals surface area contributed by atoms with Crippen LogP contribution in [0.25, 0.3) is 0 Å². The minimum absolute atomic E-state index is 0.0581. The molecule has 0 heterocycles. The van der Waals surface area contributed by atoms with Crippen molar-refractivity contribution < 1.29 is 9.53 Å². The van der Waals surface area contributed by atoms with E-state index in [1.165, 1.54) is 0 Å². The normalized spacial score (nSPS) is 12.1. The van der Waals surface area contributed by atoms with Crippen molar-refractivity contribution in [2.24, 2.45) is 0 Å². The summed E-state index contributed by atoms with van der Waals surface area (Å²) < 4.78 is 5.39. The van der Waals surface area contributed by atoms with Crippen LogP contribution in [0.2, 0.25) is 0 Å². The lowest BCUT2D eigenvalue weighted by Gasteiger charge is -2.14. The molecule has 1 aromatic carbocycles. The van der Waals surface area contributed by atoms with E-state index in [1.54, 1.807) is 12.1 Å². The van der Waals surface area contributed by atoms with Gasteiger partial charge in [-0.3, -0.25) is 0 Å². The molecule has 0 spiro atoms. The Bertz CT molecular complexity index is 293. The maximum absolute atomic E-state index is 11.7. The number of carbonyl (C=O) groups is 1. The number of benzene rings is 1. The molecule has 2 heteroatoms. The summed E-state index contributed by atoms with van der Waals surface area (Å²) in [5, 5.41) is 0. The first-order valence-corrected chi connectivity index (χ1v) is 5.54. The minimum atomic E-state index is -0.212. The SMILES string of the molecule is CCC[C@@H](CC)OC(=O)c1ccccc1. The van der Waals surface area contributed by atoms with Crippen molar-refractivity contribution in [2.45, 2.75) is 39.2 Å². The second-order valence-corrected chi connectivity index (χ2v) is 3.59. The molecule has 1 atom stereocenters. The fourth-order valence-corrected chi connectivity index (χ4v) is 1.46. The first kappa shape index (κ1) is 11.8. The van der Waals surface area contributed by atoms with E-state index in [2.05, 4.69) is 6.92 Å². The summed E-state index contributed by atoms with van der Waals surface area (Å²) in [4.78, 5) is 11.7. The second-order valence-electron chi connectivity index (χ2n) is 3.59.